The summed E-state index contributed by atoms with van der Waals surface area (Å²) in [6.45, 7) is 2.57. The number of nitrogens with one attached hydrogen (secondary N) is 1. The van der Waals surface area contributed by atoms with Gasteiger partial charge in [-0.3, -0.25) is 4.79 Å². The number of nitrogens with zero attached hydrogens (tertiary/aromatic N) is 3. The van der Waals surface area contributed by atoms with Gasteiger partial charge in [-0.1, -0.05) is 48.5 Å². The summed E-state index contributed by atoms with van der Waals surface area (Å²) < 4.78 is 14.4. The van der Waals surface area contributed by atoms with Gasteiger partial charge in [-0.2, -0.15) is 0 Å². The van der Waals surface area contributed by atoms with E-state index in [1.54, 1.807) is 4.90 Å². The van der Waals surface area contributed by atoms with Gasteiger partial charge in [0.1, 0.15) is 23.4 Å². The van der Waals surface area contributed by atoms with Crippen LogP contribution in [-0.4, -0.2) is 50.9 Å². The molecule has 4 aromatic carbocycles. The molecule has 1 aromatic heterocycles. The number of H-pyrrole nitrogens is 1. The average molecular weight is 547 g/mol. The Morgan fingerprint density at radius 1 is 0.951 bits per heavy atom. The normalized spacial score (nSPS) is 16.8. The first-order chi connectivity index (χ1) is 19.9. The third-order valence-corrected chi connectivity index (χ3v) is 8.64. The number of phenolic OH excluding ortho intramolecular Hbond substituents is 1. The van der Waals surface area contributed by atoms with Crippen molar-refractivity contribution in [3.63, 3.8) is 0 Å². The molecule has 5 aromatic rings. The number of carbonyl (C=O) groups excluding carboxylic acids is 1. The molecular weight excluding hydrogens is 515 g/mol. The predicted molar refractivity (Wildman–Crippen MR) is 157 cm³/mol. The minimum absolute atomic E-state index is 0.0917. The number of likely N-dealkylation sites (tertiary alicyclic amines) is 1. The van der Waals surface area contributed by atoms with Crippen LogP contribution in [0.2, 0.25) is 0 Å². The quantitative estimate of drug-likeness (QED) is 0.260. The highest BCUT2D eigenvalue weighted by atomic mass is 19.1. The fourth-order valence-electron chi connectivity index (χ4n) is 6.31. The minimum atomic E-state index is -0.796. The summed E-state index contributed by atoms with van der Waals surface area (Å²) in [5.74, 6) is 0.293. The van der Waals surface area contributed by atoms with Gasteiger partial charge in [0.25, 0.3) is 5.91 Å². The lowest BCUT2D eigenvalue weighted by atomic mass is 9.88. The number of aromatic amines is 1. The number of amides is 1. The SMILES string of the molecule is CN1CCC(c2ccc(-c3ccc4c(c3)C(=O)N(C(c3nc5ccccc5[nH]3)c3cc(F)ccc3O)C4)cc2)CC1. The Morgan fingerprint density at radius 3 is 2.49 bits per heavy atom. The molecule has 0 aliphatic carbocycles. The van der Waals surface area contributed by atoms with Gasteiger partial charge < -0.3 is 19.9 Å². The molecule has 0 bridgehead atoms. The Balaban J connectivity index is 1.22. The first-order valence-electron chi connectivity index (χ1n) is 14.1. The van der Waals surface area contributed by atoms with E-state index in [2.05, 4.69) is 47.3 Å². The Hall–Kier alpha value is -4.49. The second kappa shape index (κ2) is 10.2. The van der Waals surface area contributed by atoms with E-state index in [4.69, 9.17) is 4.98 Å². The third kappa shape index (κ3) is 4.66. The number of aromatic hydroxyl groups is 1. The van der Waals surface area contributed by atoms with E-state index in [0.717, 1.165) is 40.8 Å². The first kappa shape index (κ1) is 25.5. The smallest absolute Gasteiger partial charge is 0.255 e. The van der Waals surface area contributed by atoms with E-state index in [0.29, 0.717) is 23.9 Å². The lowest BCUT2D eigenvalue weighted by Gasteiger charge is -2.29. The van der Waals surface area contributed by atoms with Crippen LogP contribution in [0.15, 0.2) is 84.9 Å². The van der Waals surface area contributed by atoms with Crippen LogP contribution in [0.5, 0.6) is 5.75 Å². The van der Waals surface area contributed by atoms with Crippen molar-refractivity contribution in [1.82, 2.24) is 19.8 Å². The summed E-state index contributed by atoms with van der Waals surface area (Å²) in [4.78, 5) is 26.0. The van der Waals surface area contributed by atoms with E-state index in [9.17, 15) is 14.3 Å². The summed E-state index contributed by atoms with van der Waals surface area (Å²) in [7, 11) is 2.18. The highest BCUT2D eigenvalue weighted by Crippen LogP contribution is 2.40. The minimum Gasteiger partial charge on any atom is -0.508 e. The topological polar surface area (TPSA) is 72.5 Å². The van der Waals surface area contributed by atoms with Crippen molar-refractivity contribution in [3.8, 4) is 16.9 Å². The Kier molecular flexibility index (Phi) is 6.31. The molecule has 2 N–H and O–H groups in total. The Bertz CT molecular complexity index is 1720. The van der Waals surface area contributed by atoms with E-state index < -0.39 is 11.9 Å². The van der Waals surface area contributed by atoms with Gasteiger partial charge in [0.15, 0.2) is 0 Å². The molecule has 6 nitrogen and oxygen atoms in total. The summed E-state index contributed by atoms with van der Waals surface area (Å²) in [6, 6.07) is 25.3. The van der Waals surface area contributed by atoms with Crippen molar-refractivity contribution in [2.75, 3.05) is 20.1 Å². The molecule has 1 amide bonds. The summed E-state index contributed by atoms with van der Waals surface area (Å²) >= 11 is 0. The van der Waals surface area contributed by atoms with Crippen LogP contribution < -0.4 is 0 Å². The molecular formula is C34H31FN4O2. The molecule has 1 atom stereocenters. The van der Waals surface area contributed by atoms with Gasteiger partial charge in [-0.05, 0) is 97.5 Å². The number of carbonyl (C=O) groups is 1. The zero-order valence-corrected chi connectivity index (χ0v) is 22.8. The second-order valence-electron chi connectivity index (χ2n) is 11.2. The van der Waals surface area contributed by atoms with Gasteiger partial charge in [-0.15, -0.1) is 0 Å². The highest BCUT2D eigenvalue weighted by Gasteiger charge is 2.37. The summed E-state index contributed by atoms with van der Waals surface area (Å²) in [6.07, 6.45) is 2.35. The van der Waals surface area contributed by atoms with Crippen LogP contribution in [0.3, 0.4) is 0 Å². The molecule has 0 saturated carbocycles. The number of aromatic nitrogens is 2. The van der Waals surface area contributed by atoms with Crippen molar-refractivity contribution in [2.24, 2.45) is 0 Å². The van der Waals surface area contributed by atoms with Crippen molar-refractivity contribution >= 4 is 16.9 Å². The summed E-state index contributed by atoms with van der Waals surface area (Å²) in [5, 5.41) is 10.8. The van der Waals surface area contributed by atoms with Crippen molar-refractivity contribution < 1.29 is 14.3 Å². The van der Waals surface area contributed by atoms with Crippen LogP contribution in [0, 0.1) is 5.82 Å². The number of piperidine rings is 1. The zero-order chi connectivity index (χ0) is 28.1. The number of rotatable bonds is 5. The van der Waals surface area contributed by atoms with Crippen LogP contribution >= 0.6 is 0 Å². The lowest BCUT2D eigenvalue weighted by molar-refractivity contribution is 0.0723. The fourth-order valence-corrected chi connectivity index (χ4v) is 6.31. The Labute approximate surface area is 238 Å². The molecule has 1 unspecified atom stereocenters. The monoisotopic (exact) mass is 546 g/mol. The van der Waals surface area contributed by atoms with E-state index >= 15 is 0 Å². The predicted octanol–water partition coefficient (Wildman–Crippen LogP) is 6.63. The molecule has 7 heteroatoms. The maximum atomic E-state index is 14.4. The number of fused-ring (bicyclic) bond motifs is 2. The van der Waals surface area contributed by atoms with Crippen LogP contribution in [0.1, 0.15) is 57.7 Å². The van der Waals surface area contributed by atoms with Crippen molar-refractivity contribution in [2.45, 2.75) is 31.3 Å². The largest absolute Gasteiger partial charge is 0.508 e. The number of para-hydroxylation sites is 2. The van der Waals surface area contributed by atoms with Gasteiger partial charge in [-0.25, -0.2) is 9.37 Å². The standard InChI is InChI=1S/C34H31FN4O2/c1-38-16-14-23(15-17-38)21-6-8-22(9-7-21)24-10-11-25-20-39(34(41)27(25)18-24)32(28-19-26(35)12-13-31(28)40)33-36-29-4-2-3-5-30(29)37-33/h2-13,18-19,23,32,40H,14-17,20H2,1H3,(H,36,37). The highest BCUT2D eigenvalue weighted by molar-refractivity contribution is 6.00. The van der Waals surface area contributed by atoms with Gasteiger partial charge in [0, 0.05) is 17.7 Å². The van der Waals surface area contributed by atoms with E-state index in [-0.39, 0.29) is 17.2 Å². The molecule has 2 aliphatic rings. The van der Waals surface area contributed by atoms with E-state index in [1.807, 2.05) is 36.4 Å². The molecule has 7 rings (SSSR count). The fraction of sp³-hybridized carbons (Fsp3) is 0.235. The number of phenols is 1. The molecule has 1 fully saturated rings. The lowest BCUT2D eigenvalue weighted by Crippen LogP contribution is -2.31. The van der Waals surface area contributed by atoms with Crippen molar-refractivity contribution in [3.05, 3.63) is 119 Å². The number of imidazole rings is 1. The second-order valence-corrected chi connectivity index (χ2v) is 11.2. The first-order valence-corrected chi connectivity index (χ1v) is 14.1. The number of benzene rings is 4. The Morgan fingerprint density at radius 2 is 1.71 bits per heavy atom. The van der Waals surface area contributed by atoms with Gasteiger partial charge >= 0.3 is 0 Å². The van der Waals surface area contributed by atoms with Crippen LogP contribution in [0.4, 0.5) is 4.39 Å². The average Bonchev–Trinajstić information content (AvgIpc) is 3.56. The zero-order valence-electron chi connectivity index (χ0n) is 22.8. The van der Waals surface area contributed by atoms with Crippen LogP contribution in [0.25, 0.3) is 22.2 Å². The van der Waals surface area contributed by atoms with Crippen molar-refractivity contribution in [1.29, 1.82) is 0 Å². The third-order valence-electron chi connectivity index (χ3n) is 8.64. The number of hydrogen-bond acceptors (Lipinski definition) is 4. The molecule has 1 saturated heterocycles. The molecule has 0 radical (unpaired) electrons. The molecule has 3 heterocycles. The maximum Gasteiger partial charge on any atom is 0.255 e. The molecule has 206 valence electrons. The molecule has 0 spiro atoms. The summed E-state index contributed by atoms with van der Waals surface area (Å²) in [5.41, 5.74) is 6.73. The van der Waals surface area contributed by atoms with Crippen LogP contribution in [-0.2, 0) is 6.54 Å². The van der Waals surface area contributed by atoms with Gasteiger partial charge in [0.2, 0.25) is 0 Å². The number of hydrogen-bond donors (Lipinski definition) is 2. The van der Waals surface area contributed by atoms with Gasteiger partial charge in [0.05, 0.1) is 11.0 Å². The van der Waals surface area contributed by atoms with E-state index in [1.165, 1.54) is 36.6 Å². The number of halogens is 1. The maximum absolute atomic E-state index is 14.4. The molecule has 2 aliphatic heterocycles. The molecule has 41 heavy (non-hydrogen) atoms.